The first-order chi connectivity index (χ1) is 18.4. The number of fused-ring (bicyclic) bond motifs is 1. The molecule has 190 valence electrons. The van der Waals surface area contributed by atoms with Gasteiger partial charge in [0, 0.05) is 11.3 Å². The zero-order valence-corrected chi connectivity index (χ0v) is 21.9. The molecular weight excluding hydrogens is 496 g/mol. The summed E-state index contributed by atoms with van der Waals surface area (Å²) in [7, 11) is 0. The van der Waals surface area contributed by atoms with Gasteiger partial charge >= 0.3 is 0 Å². The second kappa shape index (κ2) is 10.9. The number of rotatable bonds is 7. The monoisotopic (exact) mass is 522 g/mol. The first-order valence-corrected chi connectivity index (χ1v) is 13.0. The number of para-hydroxylation sites is 1. The smallest absolute Gasteiger partial charge is 0.294 e. The number of amides is 3. The zero-order chi connectivity index (χ0) is 26.6. The molecule has 1 N–H and O–H groups in total. The molecule has 5 rings (SSSR count). The van der Waals surface area contributed by atoms with Gasteiger partial charge in [-0.05, 0) is 77.3 Å². The van der Waals surface area contributed by atoms with Crippen LogP contribution in [0.5, 0.6) is 5.75 Å². The van der Waals surface area contributed by atoms with E-state index in [4.69, 9.17) is 4.74 Å². The number of thioether (sulfide) groups is 1. The Labute approximate surface area is 225 Å². The normalized spacial score (nSPS) is 14.4. The summed E-state index contributed by atoms with van der Waals surface area (Å²) in [6, 6.07) is 27.3. The topological polar surface area (TPSA) is 75.7 Å². The minimum Gasteiger partial charge on any atom is -0.488 e. The van der Waals surface area contributed by atoms with Crippen LogP contribution in [0.25, 0.3) is 16.8 Å². The van der Waals surface area contributed by atoms with Crippen molar-refractivity contribution < 1.29 is 19.1 Å². The summed E-state index contributed by atoms with van der Waals surface area (Å²) < 4.78 is 6.10. The van der Waals surface area contributed by atoms with Crippen LogP contribution in [0.3, 0.4) is 0 Å². The highest BCUT2D eigenvalue weighted by Crippen LogP contribution is 2.34. The fourth-order valence-corrected chi connectivity index (χ4v) is 5.05. The van der Waals surface area contributed by atoms with E-state index in [1.54, 1.807) is 12.1 Å². The number of anilines is 1. The van der Waals surface area contributed by atoms with Gasteiger partial charge in [-0.3, -0.25) is 19.3 Å². The summed E-state index contributed by atoms with van der Waals surface area (Å²) in [5.41, 5.74) is 4.34. The standard InChI is InChI=1S/C31H26N2O4S/c1-20-8-7-12-26(21(20)2)32-29(34)18-33-30(35)28(38-31(33)36)17-25-11-5-6-13-27(25)37-19-22-14-15-23-9-3-4-10-24(23)16-22/h3-17H,18-19H2,1-2H3,(H,32,34)/b28-17-. The first-order valence-electron chi connectivity index (χ1n) is 12.2. The third kappa shape index (κ3) is 5.48. The predicted molar refractivity (Wildman–Crippen MR) is 152 cm³/mol. The molecule has 1 heterocycles. The van der Waals surface area contributed by atoms with Crippen molar-refractivity contribution in [1.29, 1.82) is 0 Å². The Hall–Kier alpha value is -4.36. The lowest BCUT2D eigenvalue weighted by Crippen LogP contribution is -2.36. The number of hydrogen-bond donors (Lipinski definition) is 1. The molecule has 0 unspecified atom stereocenters. The van der Waals surface area contributed by atoms with Gasteiger partial charge in [0.1, 0.15) is 18.9 Å². The predicted octanol–water partition coefficient (Wildman–Crippen LogP) is 6.71. The van der Waals surface area contributed by atoms with E-state index < -0.39 is 17.1 Å². The molecule has 0 spiro atoms. The van der Waals surface area contributed by atoms with Crippen LogP contribution in [0.1, 0.15) is 22.3 Å². The highest BCUT2D eigenvalue weighted by Gasteiger charge is 2.36. The Morgan fingerprint density at radius 2 is 1.68 bits per heavy atom. The van der Waals surface area contributed by atoms with Crippen molar-refractivity contribution in [2.24, 2.45) is 0 Å². The molecular formula is C31H26N2O4S. The van der Waals surface area contributed by atoms with Gasteiger partial charge in [-0.1, -0.05) is 66.7 Å². The van der Waals surface area contributed by atoms with Crippen LogP contribution < -0.4 is 10.1 Å². The molecule has 0 saturated carbocycles. The van der Waals surface area contributed by atoms with Crippen molar-refractivity contribution in [3.8, 4) is 5.75 Å². The zero-order valence-electron chi connectivity index (χ0n) is 21.1. The number of nitrogens with zero attached hydrogens (tertiary/aromatic N) is 1. The van der Waals surface area contributed by atoms with Gasteiger partial charge in [0.2, 0.25) is 5.91 Å². The maximum absolute atomic E-state index is 13.0. The number of nitrogens with one attached hydrogen (secondary N) is 1. The van der Waals surface area contributed by atoms with Crippen molar-refractivity contribution >= 4 is 51.4 Å². The van der Waals surface area contributed by atoms with Crippen molar-refractivity contribution in [2.45, 2.75) is 20.5 Å². The average Bonchev–Trinajstić information content (AvgIpc) is 3.18. The van der Waals surface area contributed by atoms with Gasteiger partial charge in [0.05, 0.1) is 4.91 Å². The van der Waals surface area contributed by atoms with Crippen LogP contribution in [0.4, 0.5) is 10.5 Å². The second-order valence-corrected chi connectivity index (χ2v) is 10.1. The van der Waals surface area contributed by atoms with Crippen molar-refractivity contribution in [1.82, 2.24) is 4.90 Å². The quantitative estimate of drug-likeness (QED) is 0.273. The lowest BCUT2D eigenvalue weighted by Gasteiger charge is -2.14. The number of carbonyl (C=O) groups is 3. The summed E-state index contributed by atoms with van der Waals surface area (Å²) in [5.74, 6) is -0.332. The van der Waals surface area contributed by atoms with Crippen molar-refractivity contribution in [2.75, 3.05) is 11.9 Å². The number of benzene rings is 4. The minimum atomic E-state index is -0.500. The summed E-state index contributed by atoms with van der Waals surface area (Å²) >= 11 is 0.818. The Morgan fingerprint density at radius 1 is 0.921 bits per heavy atom. The van der Waals surface area contributed by atoms with Crippen LogP contribution in [0, 0.1) is 13.8 Å². The summed E-state index contributed by atoms with van der Waals surface area (Å²) in [6.45, 7) is 3.87. The molecule has 1 aliphatic heterocycles. The van der Waals surface area contributed by atoms with Crippen molar-refractivity contribution in [3.63, 3.8) is 0 Å². The minimum absolute atomic E-state index is 0.247. The van der Waals surface area contributed by atoms with E-state index in [0.717, 1.165) is 44.1 Å². The van der Waals surface area contributed by atoms with Gasteiger partial charge in [0.25, 0.3) is 11.1 Å². The molecule has 1 fully saturated rings. The highest BCUT2D eigenvalue weighted by atomic mass is 32.2. The van der Waals surface area contributed by atoms with Gasteiger partial charge in [0.15, 0.2) is 0 Å². The second-order valence-electron chi connectivity index (χ2n) is 9.07. The Bertz CT molecular complexity index is 1590. The Morgan fingerprint density at radius 3 is 2.53 bits per heavy atom. The van der Waals surface area contributed by atoms with Crippen LogP contribution in [0.15, 0.2) is 89.8 Å². The molecule has 7 heteroatoms. The molecule has 1 aliphatic rings. The third-order valence-corrected chi connectivity index (χ3v) is 7.38. The SMILES string of the molecule is Cc1cccc(NC(=O)CN2C(=O)S/C(=C\c3ccccc3OCc3ccc4ccccc4c3)C2=O)c1C. The average molecular weight is 523 g/mol. The first kappa shape index (κ1) is 25.3. The largest absolute Gasteiger partial charge is 0.488 e. The van der Waals surface area contributed by atoms with Crippen LogP contribution >= 0.6 is 11.8 Å². The molecule has 0 aliphatic carbocycles. The summed E-state index contributed by atoms with van der Waals surface area (Å²) in [6.07, 6.45) is 1.64. The summed E-state index contributed by atoms with van der Waals surface area (Å²) in [5, 5.41) is 4.62. The maximum Gasteiger partial charge on any atom is 0.294 e. The van der Waals surface area contributed by atoms with Gasteiger partial charge in [-0.25, -0.2) is 0 Å². The molecule has 0 aromatic heterocycles. The molecule has 38 heavy (non-hydrogen) atoms. The van der Waals surface area contributed by atoms with E-state index in [-0.39, 0.29) is 11.4 Å². The van der Waals surface area contributed by atoms with E-state index in [1.165, 1.54) is 0 Å². The van der Waals surface area contributed by atoms with E-state index in [1.807, 2.05) is 68.4 Å². The fraction of sp³-hybridized carbons (Fsp3) is 0.129. The van der Waals surface area contributed by atoms with E-state index in [9.17, 15) is 14.4 Å². The number of ether oxygens (including phenoxy) is 1. The number of imide groups is 1. The number of carbonyl (C=O) groups excluding carboxylic acids is 3. The van der Waals surface area contributed by atoms with E-state index >= 15 is 0 Å². The van der Waals surface area contributed by atoms with Crippen LogP contribution in [-0.2, 0) is 16.2 Å². The van der Waals surface area contributed by atoms with Gasteiger partial charge < -0.3 is 10.1 Å². The van der Waals surface area contributed by atoms with Crippen LogP contribution in [0.2, 0.25) is 0 Å². The molecule has 0 bridgehead atoms. The third-order valence-electron chi connectivity index (χ3n) is 6.47. The molecule has 0 atom stereocenters. The highest BCUT2D eigenvalue weighted by molar-refractivity contribution is 8.18. The number of hydrogen-bond acceptors (Lipinski definition) is 5. The van der Waals surface area contributed by atoms with Crippen LogP contribution in [-0.4, -0.2) is 28.5 Å². The molecule has 4 aromatic rings. The Kier molecular flexibility index (Phi) is 7.29. The molecule has 3 amide bonds. The van der Waals surface area contributed by atoms with Gasteiger partial charge in [-0.2, -0.15) is 0 Å². The molecule has 0 radical (unpaired) electrons. The van der Waals surface area contributed by atoms with Crippen molar-refractivity contribution in [3.05, 3.63) is 112 Å². The molecule has 1 saturated heterocycles. The molecule has 4 aromatic carbocycles. The Balaban J connectivity index is 1.28. The maximum atomic E-state index is 13.0. The lowest BCUT2D eigenvalue weighted by molar-refractivity contribution is -0.127. The molecule has 6 nitrogen and oxygen atoms in total. The number of aryl methyl sites for hydroxylation is 1. The van der Waals surface area contributed by atoms with E-state index in [2.05, 4.69) is 29.6 Å². The van der Waals surface area contributed by atoms with E-state index in [0.29, 0.717) is 23.6 Å². The fourth-order valence-electron chi connectivity index (χ4n) is 4.22. The van der Waals surface area contributed by atoms with Gasteiger partial charge in [-0.15, -0.1) is 0 Å². The lowest BCUT2D eigenvalue weighted by atomic mass is 10.1. The summed E-state index contributed by atoms with van der Waals surface area (Å²) in [4.78, 5) is 39.5.